The molecule has 1 fully saturated rings. The van der Waals surface area contributed by atoms with E-state index in [1.54, 1.807) is 19.3 Å². The molecular weight excluding hydrogens is 420 g/mol. The van der Waals surface area contributed by atoms with Crippen molar-refractivity contribution >= 4 is 17.3 Å². The molecule has 1 amide bonds. The van der Waals surface area contributed by atoms with Crippen LogP contribution in [-0.4, -0.2) is 34.9 Å². The number of nitrogens with one attached hydrogen (secondary N) is 1. The monoisotopic (exact) mass is 454 g/mol. The number of carbonyl (C=O) groups is 1. The van der Waals surface area contributed by atoms with Crippen LogP contribution in [0.2, 0.25) is 0 Å². The first-order chi connectivity index (χ1) is 16.6. The van der Waals surface area contributed by atoms with Gasteiger partial charge in [-0.15, -0.1) is 0 Å². The van der Waals surface area contributed by atoms with Gasteiger partial charge in [-0.25, -0.2) is 0 Å². The minimum absolute atomic E-state index is 0.0888. The molecule has 2 aliphatic rings. The lowest BCUT2D eigenvalue weighted by molar-refractivity contribution is -0.117. The molecule has 5 heteroatoms. The lowest BCUT2D eigenvalue weighted by atomic mass is 9.88. The minimum Gasteiger partial charge on any atom is -0.378 e. The number of amides is 1. The minimum atomic E-state index is 0.0888. The van der Waals surface area contributed by atoms with E-state index >= 15 is 0 Å². The van der Waals surface area contributed by atoms with E-state index in [4.69, 9.17) is 0 Å². The highest BCUT2D eigenvalue weighted by molar-refractivity contribution is 5.94. The van der Waals surface area contributed by atoms with Crippen molar-refractivity contribution in [3.63, 3.8) is 0 Å². The van der Waals surface area contributed by atoms with Gasteiger partial charge >= 0.3 is 0 Å². The van der Waals surface area contributed by atoms with Crippen molar-refractivity contribution in [3.05, 3.63) is 78.1 Å². The third kappa shape index (κ3) is 4.85. The molecule has 0 radical (unpaired) electrons. The second-order valence-electron chi connectivity index (χ2n) is 9.71. The highest BCUT2D eigenvalue weighted by atomic mass is 16.2. The molecule has 2 aromatic carbocycles. The Bertz CT molecular complexity index is 1120. The number of piperidine rings is 1. The summed E-state index contributed by atoms with van der Waals surface area (Å²) in [6, 6.07) is 19.8. The zero-order chi connectivity index (χ0) is 23.5. The van der Waals surface area contributed by atoms with Gasteiger partial charge in [-0.1, -0.05) is 36.8 Å². The van der Waals surface area contributed by atoms with Gasteiger partial charge in [0.15, 0.2) is 0 Å². The topological polar surface area (TPSA) is 48.5 Å². The summed E-state index contributed by atoms with van der Waals surface area (Å²) < 4.78 is 0. The number of pyridine rings is 1. The van der Waals surface area contributed by atoms with Crippen LogP contribution in [-0.2, 0) is 11.3 Å². The molecule has 0 spiro atoms. The Morgan fingerprint density at radius 2 is 1.68 bits per heavy atom. The first kappa shape index (κ1) is 22.6. The van der Waals surface area contributed by atoms with Crippen LogP contribution in [0.3, 0.4) is 0 Å². The Morgan fingerprint density at radius 3 is 2.38 bits per heavy atom. The van der Waals surface area contributed by atoms with Crippen molar-refractivity contribution in [2.45, 2.75) is 58.2 Å². The SMILES string of the molecule is CC(=O)N1c2ccc(-c3ccc(CN4CCCCC4)cc3)cc2[C@@H](Nc2ccncc2)C[C@H]1C. The highest BCUT2D eigenvalue weighted by Crippen LogP contribution is 2.41. The van der Waals surface area contributed by atoms with Crippen LogP contribution in [0.1, 0.15) is 56.7 Å². The first-order valence-electron chi connectivity index (χ1n) is 12.5. The van der Waals surface area contributed by atoms with E-state index in [9.17, 15) is 4.79 Å². The van der Waals surface area contributed by atoms with E-state index < -0.39 is 0 Å². The maximum absolute atomic E-state index is 12.5. The molecule has 1 N–H and O–H groups in total. The summed E-state index contributed by atoms with van der Waals surface area (Å²) in [7, 11) is 0. The number of hydrogen-bond donors (Lipinski definition) is 1. The van der Waals surface area contributed by atoms with Gasteiger partial charge in [0, 0.05) is 43.3 Å². The molecule has 5 rings (SSSR count). The summed E-state index contributed by atoms with van der Waals surface area (Å²) >= 11 is 0. The molecule has 3 aromatic rings. The molecule has 2 atom stereocenters. The fourth-order valence-corrected chi connectivity index (χ4v) is 5.49. The van der Waals surface area contributed by atoms with Crippen LogP contribution in [0.5, 0.6) is 0 Å². The van der Waals surface area contributed by atoms with Crippen molar-refractivity contribution in [1.29, 1.82) is 0 Å². The quantitative estimate of drug-likeness (QED) is 0.511. The fourth-order valence-electron chi connectivity index (χ4n) is 5.49. The standard InChI is InChI=1S/C29H34N4O/c1-21-18-28(31-26-12-14-30-15-13-26)27-19-25(10-11-29(27)33(21)22(2)34)24-8-6-23(7-9-24)20-32-16-4-3-5-17-32/h6-15,19,21,28H,3-5,16-18,20H2,1-2H3,(H,30,31)/t21-,28+/m1/s1. The van der Waals surface area contributed by atoms with Gasteiger partial charge in [0.1, 0.15) is 0 Å². The van der Waals surface area contributed by atoms with Crippen LogP contribution in [0, 0.1) is 0 Å². The Balaban J connectivity index is 1.43. The Labute approximate surface area is 202 Å². The predicted octanol–water partition coefficient (Wildman–Crippen LogP) is 6.03. The van der Waals surface area contributed by atoms with Crippen molar-refractivity contribution in [2.75, 3.05) is 23.3 Å². The Hall–Kier alpha value is -3.18. The van der Waals surface area contributed by atoms with E-state index in [0.717, 1.165) is 24.3 Å². The predicted molar refractivity (Wildman–Crippen MR) is 139 cm³/mol. The van der Waals surface area contributed by atoms with Gasteiger partial charge in [0.05, 0.1) is 6.04 Å². The first-order valence-corrected chi connectivity index (χ1v) is 12.5. The maximum atomic E-state index is 12.5. The fraction of sp³-hybridized carbons (Fsp3) is 0.379. The van der Waals surface area contributed by atoms with Crippen LogP contribution in [0.15, 0.2) is 67.0 Å². The molecule has 3 heterocycles. The van der Waals surface area contributed by atoms with Crippen LogP contribution < -0.4 is 10.2 Å². The molecular formula is C29H34N4O. The number of likely N-dealkylation sites (tertiary alicyclic amines) is 1. The molecule has 1 aromatic heterocycles. The number of anilines is 2. The van der Waals surface area contributed by atoms with Gasteiger partial charge in [0.2, 0.25) is 5.91 Å². The largest absolute Gasteiger partial charge is 0.378 e. The summed E-state index contributed by atoms with van der Waals surface area (Å²) in [6.07, 6.45) is 8.46. The summed E-state index contributed by atoms with van der Waals surface area (Å²) in [4.78, 5) is 21.1. The normalized spacial score (nSPS) is 20.6. The Kier molecular flexibility index (Phi) is 6.63. The molecule has 0 unspecified atom stereocenters. The van der Waals surface area contributed by atoms with Crippen LogP contribution in [0.25, 0.3) is 11.1 Å². The third-order valence-corrected chi connectivity index (χ3v) is 7.18. The molecule has 0 bridgehead atoms. The lowest BCUT2D eigenvalue weighted by Gasteiger charge is -2.39. The summed E-state index contributed by atoms with van der Waals surface area (Å²) in [5.74, 6) is 0.0888. The zero-order valence-electron chi connectivity index (χ0n) is 20.2. The van der Waals surface area contributed by atoms with Crippen molar-refractivity contribution in [2.24, 2.45) is 0 Å². The summed E-state index contributed by atoms with van der Waals surface area (Å²) in [6.45, 7) is 7.24. The lowest BCUT2D eigenvalue weighted by Crippen LogP contribution is -2.43. The molecule has 5 nitrogen and oxygen atoms in total. The number of carbonyl (C=O) groups excluding carboxylic acids is 1. The van der Waals surface area contributed by atoms with E-state index in [1.807, 2.05) is 17.0 Å². The van der Waals surface area contributed by atoms with Gasteiger partial charge in [-0.3, -0.25) is 14.7 Å². The van der Waals surface area contributed by atoms with Gasteiger partial charge < -0.3 is 10.2 Å². The van der Waals surface area contributed by atoms with E-state index in [1.165, 1.54) is 54.6 Å². The molecule has 34 heavy (non-hydrogen) atoms. The maximum Gasteiger partial charge on any atom is 0.224 e. The second-order valence-corrected chi connectivity index (χ2v) is 9.71. The van der Waals surface area contributed by atoms with Gasteiger partial charge in [0.25, 0.3) is 0 Å². The molecule has 1 saturated heterocycles. The van der Waals surface area contributed by atoms with E-state index in [0.29, 0.717) is 0 Å². The van der Waals surface area contributed by atoms with Crippen molar-refractivity contribution in [3.8, 4) is 11.1 Å². The summed E-state index contributed by atoms with van der Waals surface area (Å²) in [5.41, 5.74) is 6.98. The highest BCUT2D eigenvalue weighted by Gasteiger charge is 2.32. The van der Waals surface area contributed by atoms with E-state index in [2.05, 4.69) is 64.6 Å². The van der Waals surface area contributed by atoms with Gasteiger partial charge in [-0.2, -0.15) is 0 Å². The molecule has 0 aliphatic carbocycles. The number of nitrogens with zero attached hydrogens (tertiary/aromatic N) is 3. The Morgan fingerprint density at radius 1 is 0.971 bits per heavy atom. The van der Waals surface area contributed by atoms with Gasteiger partial charge in [-0.05, 0) is 85.8 Å². The van der Waals surface area contributed by atoms with Crippen LogP contribution >= 0.6 is 0 Å². The van der Waals surface area contributed by atoms with E-state index in [-0.39, 0.29) is 18.0 Å². The number of rotatable bonds is 5. The number of hydrogen-bond acceptors (Lipinski definition) is 4. The smallest absolute Gasteiger partial charge is 0.224 e. The average Bonchev–Trinajstić information content (AvgIpc) is 2.85. The number of benzene rings is 2. The summed E-state index contributed by atoms with van der Waals surface area (Å²) in [5, 5.41) is 3.68. The molecule has 176 valence electrons. The third-order valence-electron chi connectivity index (χ3n) is 7.18. The zero-order valence-corrected chi connectivity index (χ0v) is 20.2. The average molecular weight is 455 g/mol. The number of aromatic nitrogens is 1. The molecule has 2 aliphatic heterocycles. The number of fused-ring (bicyclic) bond motifs is 1. The molecule has 0 saturated carbocycles. The second kappa shape index (κ2) is 9.98. The van der Waals surface area contributed by atoms with Crippen molar-refractivity contribution < 1.29 is 4.79 Å². The van der Waals surface area contributed by atoms with Crippen LogP contribution in [0.4, 0.5) is 11.4 Å². The van der Waals surface area contributed by atoms with Crippen molar-refractivity contribution in [1.82, 2.24) is 9.88 Å².